The molecule has 3 N–H and O–H groups in total. The zero-order chi connectivity index (χ0) is 18.5. The summed E-state index contributed by atoms with van der Waals surface area (Å²) in [5, 5.41) is 7.08. The number of rotatable bonds is 7. The van der Waals surface area contributed by atoms with E-state index in [1.165, 1.54) is 10.9 Å². The predicted octanol–water partition coefficient (Wildman–Crippen LogP) is 3.21. The van der Waals surface area contributed by atoms with Crippen LogP contribution >= 0.6 is 0 Å². The lowest BCUT2D eigenvalue weighted by Gasteiger charge is -2.22. The summed E-state index contributed by atoms with van der Waals surface area (Å²) >= 11 is 0. The maximum atomic E-state index is 12.1. The Bertz CT molecular complexity index is 852. The van der Waals surface area contributed by atoms with Crippen molar-refractivity contribution in [2.24, 2.45) is 0 Å². The minimum atomic E-state index is -0.166. The third kappa shape index (κ3) is 4.08. The van der Waals surface area contributed by atoms with E-state index in [0.29, 0.717) is 13.1 Å². The van der Waals surface area contributed by atoms with Gasteiger partial charge in [-0.15, -0.1) is 0 Å². The maximum Gasteiger partial charge on any atom is 0.314 e. The van der Waals surface area contributed by atoms with Crippen molar-refractivity contribution >= 4 is 16.9 Å². The highest BCUT2D eigenvalue weighted by Gasteiger charge is 2.17. The molecule has 2 aromatic heterocycles. The lowest BCUT2D eigenvalue weighted by Crippen LogP contribution is -2.41. The smallest absolute Gasteiger partial charge is 0.314 e. The second-order valence-corrected chi connectivity index (χ2v) is 6.66. The Morgan fingerprint density at radius 3 is 2.73 bits per heavy atom. The van der Waals surface area contributed by atoms with Gasteiger partial charge < -0.3 is 20.0 Å². The molecule has 1 atom stereocenters. The van der Waals surface area contributed by atoms with Gasteiger partial charge in [-0.05, 0) is 51.2 Å². The standard InChI is InChI=1S/C20H26N4O2/c1-14-15(16-7-4-5-8-17(16)23-14)10-11-21-20(25)22-13-18(24(2)3)19-9-6-12-26-19/h4-9,12,18,23H,10-11,13H2,1-3H3,(H2,21,22,25). The van der Waals surface area contributed by atoms with Crippen molar-refractivity contribution in [1.29, 1.82) is 0 Å². The number of aryl methyl sites for hydroxylation is 1. The van der Waals surface area contributed by atoms with Crippen LogP contribution in [0, 0.1) is 6.92 Å². The molecule has 0 aliphatic heterocycles. The average molecular weight is 354 g/mol. The highest BCUT2D eigenvalue weighted by atomic mass is 16.3. The van der Waals surface area contributed by atoms with Crippen LogP contribution in [0.2, 0.25) is 0 Å². The van der Waals surface area contributed by atoms with Crippen molar-refractivity contribution in [3.8, 4) is 0 Å². The van der Waals surface area contributed by atoms with E-state index in [4.69, 9.17) is 4.42 Å². The van der Waals surface area contributed by atoms with Gasteiger partial charge in [-0.2, -0.15) is 0 Å². The number of carbonyl (C=O) groups is 1. The van der Waals surface area contributed by atoms with Crippen LogP contribution in [0.5, 0.6) is 0 Å². The molecule has 0 fully saturated rings. The quantitative estimate of drug-likeness (QED) is 0.610. The van der Waals surface area contributed by atoms with Crippen molar-refractivity contribution in [2.75, 3.05) is 27.2 Å². The molecule has 6 nitrogen and oxygen atoms in total. The summed E-state index contributed by atoms with van der Waals surface area (Å²) in [7, 11) is 3.93. The van der Waals surface area contributed by atoms with E-state index in [0.717, 1.165) is 23.4 Å². The number of fused-ring (bicyclic) bond motifs is 1. The second-order valence-electron chi connectivity index (χ2n) is 6.66. The number of likely N-dealkylation sites (N-methyl/N-ethyl adjacent to an activating group) is 1. The Balaban J connectivity index is 1.50. The number of nitrogens with one attached hydrogen (secondary N) is 3. The minimum absolute atomic E-state index is 0.00612. The molecule has 2 amide bonds. The van der Waals surface area contributed by atoms with Gasteiger partial charge in [0.1, 0.15) is 5.76 Å². The van der Waals surface area contributed by atoms with Gasteiger partial charge in [0, 0.05) is 29.7 Å². The van der Waals surface area contributed by atoms with Gasteiger partial charge in [-0.1, -0.05) is 18.2 Å². The number of nitrogens with zero attached hydrogens (tertiary/aromatic N) is 1. The van der Waals surface area contributed by atoms with Crippen molar-refractivity contribution in [3.63, 3.8) is 0 Å². The van der Waals surface area contributed by atoms with Crippen molar-refractivity contribution in [3.05, 3.63) is 59.7 Å². The van der Waals surface area contributed by atoms with Crippen LogP contribution in [0.15, 0.2) is 47.1 Å². The van der Waals surface area contributed by atoms with Gasteiger partial charge in [-0.3, -0.25) is 4.90 Å². The van der Waals surface area contributed by atoms with E-state index in [1.54, 1.807) is 6.26 Å². The number of hydrogen-bond acceptors (Lipinski definition) is 3. The Hall–Kier alpha value is -2.73. The molecule has 1 aromatic carbocycles. The Morgan fingerprint density at radius 2 is 2.00 bits per heavy atom. The van der Waals surface area contributed by atoms with E-state index in [1.807, 2.05) is 43.3 Å². The molecule has 0 bridgehead atoms. The van der Waals surface area contributed by atoms with Crippen LogP contribution in [0.3, 0.4) is 0 Å². The Kier molecular flexibility index (Phi) is 5.63. The van der Waals surface area contributed by atoms with Crippen LogP contribution in [0.1, 0.15) is 23.1 Å². The number of furan rings is 1. The van der Waals surface area contributed by atoms with E-state index < -0.39 is 0 Å². The normalized spacial score (nSPS) is 12.5. The first-order valence-corrected chi connectivity index (χ1v) is 8.84. The number of hydrogen-bond donors (Lipinski definition) is 3. The van der Waals surface area contributed by atoms with Gasteiger partial charge >= 0.3 is 6.03 Å². The highest BCUT2D eigenvalue weighted by molar-refractivity contribution is 5.84. The molecule has 138 valence electrons. The summed E-state index contributed by atoms with van der Waals surface area (Å²) in [6.45, 7) is 3.14. The molecular weight excluding hydrogens is 328 g/mol. The number of aromatic nitrogens is 1. The minimum Gasteiger partial charge on any atom is -0.468 e. The third-order valence-electron chi connectivity index (χ3n) is 4.64. The van der Waals surface area contributed by atoms with Gasteiger partial charge in [0.05, 0.1) is 12.3 Å². The first-order chi connectivity index (χ1) is 12.6. The van der Waals surface area contributed by atoms with Crippen LogP contribution in [0.4, 0.5) is 4.79 Å². The summed E-state index contributed by atoms with van der Waals surface area (Å²) in [6.07, 6.45) is 2.44. The summed E-state index contributed by atoms with van der Waals surface area (Å²) in [5.74, 6) is 0.838. The first-order valence-electron chi connectivity index (χ1n) is 8.84. The highest BCUT2D eigenvalue weighted by Crippen LogP contribution is 2.22. The summed E-state index contributed by atoms with van der Waals surface area (Å²) in [5.41, 5.74) is 3.54. The fourth-order valence-electron chi connectivity index (χ4n) is 3.23. The SMILES string of the molecule is Cc1[nH]c2ccccc2c1CCNC(=O)NCC(c1ccco1)N(C)C. The number of H-pyrrole nitrogens is 1. The molecule has 0 radical (unpaired) electrons. The molecule has 1 unspecified atom stereocenters. The van der Waals surface area contributed by atoms with Gasteiger partial charge in [0.25, 0.3) is 0 Å². The largest absolute Gasteiger partial charge is 0.468 e. The molecule has 3 aromatic rings. The molecule has 2 heterocycles. The summed E-state index contributed by atoms with van der Waals surface area (Å²) < 4.78 is 5.46. The van der Waals surface area contributed by atoms with Gasteiger partial charge in [0.15, 0.2) is 0 Å². The number of urea groups is 1. The fourth-order valence-corrected chi connectivity index (χ4v) is 3.23. The number of benzene rings is 1. The maximum absolute atomic E-state index is 12.1. The topological polar surface area (TPSA) is 73.3 Å². The van der Waals surface area contributed by atoms with E-state index >= 15 is 0 Å². The zero-order valence-corrected chi connectivity index (χ0v) is 15.5. The van der Waals surface area contributed by atoms with Crippen LogP contribution < -0.4 is 10.6 Å². The number of carbonyl (C=O) groups excluding carboxylic acids is 1. The molecule has 0 spiro atoms. The molecule has 0 saturated heterocycles. The average Bonchev–Trinajstić information content (AvgIpc) is 3.23. The van der Waals surface area contributed by atoms with E-state index in [9.17, 15) is 4.79 Å². The molecule has 26 heavy (non-hydrogen) atoms. The second kappa shape index (κ2) is 8.10. The predicted molar refractivity (Wildman–Crippen MR) is 103 cm³/mol. The molecular formula is C20H26N4O2. The molecule has 0 aliphatic carbocycles. The molecule has 3 rings (SSSR count). The van der Waals surface area contributed by atoms with E-state index in [2.05, 4.69) is 34.7 Å². The fraction of sp³-hybridized carbons (Fsp3) is 0.350. The lowest BCUT2D eigenvalue weighted by molar-refractivity contribution is 0.225. The van der Waals surface area contributed by atoms with Crippen LogP contribution in [-0.2, 0) is 6.42 Å². The number of amides is 2. The van der Waals surface area contributed by atoms with Crippen molar-refractivity contribution < 1.29 is 9.21 Å². The van der Waals surface area contributed by atoms with Crippen LogP contribution in [0.25, 0.3) is 10.9 Å². The summed E-state index contributed by atoms with van der Waals surface area (Å²) in [6, 6.07) is 11.9. The molecule has 0 aliphatic rings. The number of aromatic amines is 1. The van der Waals surface area contributed by atoms with Gasteiger partial charge in [0.2, 0.25) is 0 Å². The summed E-state index contributed by atoms with van der Waals surface area (Å²) in [4.78, 5) is 17.5. The third-order valence-corrected chi connectivity index (χ3v) is 4.64. The number of para-hydroxylation sites is 1. The Labute approximate surface area is 153 Å². The van der Waals surface area contributed by atoms with Crippen molar-refractivity contribution in [1.82, 2.24) is 20.5 Å². The zero-order valence-electron chi connectivity index (χ0n) is 15.5. The van der Waals surface area contributed by atoms with Crippen molar-refractivity contribution in [2.45, 2.75) is 19.4 Å². The Morgan fingerprint density at radius 1 is 1.19 bits per heavy atom. The van der Waals surface area contributed by atoms with Crippen LogP contribution in [-0.4, -0.2) is 43.1 Å². The first kappa shape index (κ1) is 18.1. The lowest BCUT2D eigenvalue weighted by atomic mass is 10.1. The molecule has 0 saturated carbocycles. The molecule has 6 heteroatoms. The monoisotopic (exact) mass is 354 g/mol. The van der Waals surface area contributed by atoms with Gasteiger partial charge in [-0.25, -0.2) is 4.79 Å². The van der Waals surface area contributed by atoms with E-state index in [-0.39, 0.29) is 12.1 Å².